The van der Waals surface area contributed by atoms with Gasteiger partial charge in [0, 0.05) is 18.8 Å². The second-order valence-corrected chi connectivity index (χ2v) is 13.5. The van der Waals surface area contributed by atoms with Crippen LogP contribution >= 0.6 is 0 Å². The molecule has 0 radical (unpaired) electrons. The van der Waals surface area contributed by atoms with Crippen LogP contribution in [-0.2, 0) is 46.4 Å². The van der Waals surface area contributed by atoms with Gasteiger partial charge in [0.1, 0.15) is 30.4 Å². The third-order valence-electron chi connectivity index (χ3n) is 7.97. The molecule has 0 aliphatic heterocycles. The first kappa shape index (κ1) is 37.2. The number of esters is 2. The molecular weight excluding hydrogens is 600 g/mol. The summed E-state index contributed by atoms with van der Waals surface area (Å²) in [5, 5.41) is 5.36. The zero-order valence-corrected chi connectivity index (χ0v) is 28.3. The SMILES string of the molecule is CC(C)C(CC(=O)[C@H](CC(=O)OC1CCCCC1)NC(=O)OC(C)(C)C)C(=O)N[C@@H](Cc1ccccc1)C(=O)OCc1ccccc1. The van der Waals surface area contributed by atoms with Crippen LogP contribution in [0.5, 0.6) is 0 Å². The Morgan fingerprint density at radius 2 is 1.38 bits per heavy atom. The van der Waals surface area contributed by atoms with Crippen LogP contribution in [0.3, 0.4) is 0 Å². The monoisotopic (exact) mass is 650 g/mol. The van der Waals surface area contributed by atoms with E-state index in [0.29, 0.717) is 0 Å². The molecule has 1 aliphatic carbocycles. The standard InChI is InChI=1S/C37H50N2O8/c1-25(2)29(22-32(40)30(39-36(44)47-37(3,4)5)23-33(41)46-28-19-13-8-14-20-28)34(42)38-31(21-26-15-9-6-10-16-26)35(43)45-24-27-17-11-7-12-18-27/h6-7,9-12,15-18,25,28-31H,8,13-14,19-24H2,1-5H3,(H,38,42)(H,39,44)/t29?,30-,31-/m0/s1. The van der Waals surface area contributed by atoms with E-state index in [2.05, 4.69) is 10.6 Å². The molecule has 3 atom stereocenters. The van der Waals surface area contributed by atoms with Crippen LogP contribution < -0.4 is 10.6 Å². The van der Waals surface area contributed by atoms with Gasteiger partial charge in [0.25, 0.3) is 0 Å². The Morgan fingerprint density at radius 1 is 0.787 bits per heavy atom. The molecular formula is C37H50N2O8. The summed E-state index contributed by atoms with van der Waals surface area (Å²) in [7, 11) is 0. The molecule has 1 saturated carbocycles. The van der Waals surface area contributed by atoms with Crippen LogP contribution in [0, 0.1) is 11.8 Å². The number of ether oxygens (including phenoxy) is 3. The van der Waals surface area contributed by atoms with E-state index in [1.807, 2.05) is 60.7 Å². The van der Waals surface area contributed by atoms with E-state index >= 15 is 0 Å². The largest absolute Gasteiger partial charge is 0.462 e. The van der Waals surface area contributed by atoms with Crippen LogP contribution in [0.1, 0.15) is 90.7 Å². The van der Waals surface area contributed by atoms with Gasteiger partial charge in [0.15, 0.2) is 5.78 Å². The number of benzene rings is 2. The Bertz CT molecular complexity index is 1320. The van der Waals surface area contributed by atoms with E-state index in [4.69, 9.17) is 14.2 Å². The lowest BCUT2D eigenvalue weighted by molar-refractivity contribution is -0.152. The van der Waals surface area contributed by atoms with E-state index in [0.717, 1.165) is 43.2 Å². The molecule has 256 valence electrons. The summed E-state index contributed by atoms with van der Waals surface area (Å²) in [6.45, 7) is 8.71. The normalized spacial score (nSPS) is 15.5. The highest BCUT2D eigenvalue weighted by atomic mass is 16.6. The lowest BCUT2D eigenvalue weighted by Gasteiger charge is -2.27. The van der Waals surface area contributed by atoms with Crippen molar-refractivity contribution in [2.24, 2.45) is 11.8 Å². The Labute approximate surface area is 278 Å². The molecule has 3 rings (SSSR count). The number of Topliss-reactive ketones (excluding diaryl/α,β-unsaturated/α-hetero) is 1. The summed E-state index contributed by atoms with van der Waals surface area (Å²) in [4.78, 5) is 66.3. The zero-order chi connectivity index (χ0) is 34.4. The van der Waals surface area contributed by atoms with Gasteiger partial charge in [-0.3, -0.25) is 14.4 Å². The fourth-order valence-corrected chi connectivity index (χ4v) is 5.42. The number of alkyl carbamates (subject to hydrolysis) is 1. The molecule has 0 bridgehead atoms. The molecule has 47 heavy (non-hydrogen) atoms. The van der Waals surface area contributed by atoms with Gasteiger partial charge in [-0.15, -0.1) is 0 Å². The molecule has 2 aromatic rings. The molecule has 2 N–H and O–H groups in total. The number of ketones is 1. The molecule has 0 heterocycles. The average Bonchev–Trinajstić information content (AvgIpc) is 3.02. The second-order valence-electron chi connectivity index (χ2n) is 13.5. The van der Waals surface area contributed by atoms with Gasteiger partial charge in [0.05, 0.1) is 6.42 Å². The number of hydrogen-bond acceptors (Lipinski definition) is 8. The zero-order valence-electron chi connectivity index (χ0n) is 28.3. The van der Waals surface area contributed by atoms with Crippen molar-refractivity contribution in [2.45, 2.75) is 116 Å². The summed E-state index contributed by atoms with van der Waals surface area (Å²) < 4.78 is 16.6. The summed E-state index contributed by atoms with van der Waals surface area (Å²) in [6, 6.07) is 16.2. The van der Waals surface area contributed by atoms with E-state index in [-0.39, 0.29) is 37.9 Å². The van der Waals surface area contributed by atoms with Gasteiger partial charge >= 0.3 is 18.0 Å². The van der Waals surface area contributed by atoms with Crippen LogP contribution in [-0.4, -0.2) is 53.5 Å². The third kappa shape index (κ3) is 13.6. The third-order valence-corrected chi connectivity index (χ3v) is 7.97. The van der Waals surface area contributed by atoms with Crippen LogP contribution in [0.4, 0.5) is 4.79 Å². The average molecular weight is 651 g/mol. The first-order valence-electron chi connectivity index (χ1n) is 16.6. The molecule has 1 unspecified atom stereocenters. The minimum Gasteiger partial charge on any atom is -0.462 e. The second kappa shape index (κ2) is 18.2. The molecule has 0 saturated heterocycles. The lowest BCUT2D eigenvalue weighted by atomic mass is 9.87. The maximum Gasteiger partial charge on any atom is 0.408 e. The molecule has 10 nitrogen and oxygen atoms in total. The minimum atomic E-state index is -1.26. The van der Waals surface area contributed by atoms with Crippen LogP contribution in [0.15, 0.2) is 60.7 Å². The van der Waals surface area contributed by atoms with Gasteiger partial charge in [-0.2, -0.15) is 0 Å². The number of rotatable bonds is 15. The number of amides is 2. The first-order chi connectivity index (χ1) is 22.3. The molecule has 0 aromatic heterocycles. The predicted octanol–water partition coefficient (Wildman–Crippen LogP) is 5.85. The Morgan fingerprint density at radius 3 is 1.96 bits per heavy atom. The highest BCUT2D eigenvalue weighted by molar-refractivity contribution is 5.95. The fraction of sp³-hybridized carbons (Fsp3) is 0.541. The predicted molar refractivity (Wildman–Crippen MR) is 177 cm³/mol. The first-order valence-corrected chi connectivity index (χ1v) is 16.6. The van der Waals surface area contributed by atoms with Crippen LogP contribution in [0.2, 0.25) is 0 Å². The van der Waals surface area contributed by atoms with Crippen molar-refractivity contribution in [2.75, 3.05) is 0 Å². The molecule has 1 fully saturated rings. The van der Waals surface area contributed by atoms with Crippen molar-refractivity contribution in [3.05, 3.63) is 71.8 Å². The Hall–Kier alpha value is -4.21. The van der Waals surface area contributed by atoms with E-state index < -0.39 is 53.3 Å². The van der Waals surface area contributed by atoms with Gasteiger partial charge in [-0.05, 0) is 63.5 Å². The lowest BCUT2D eigenvalue weighted by Crippen LogP contribution is -2.49. The number of nitrogens with one attached hydrogen (secondary N) is 2. The Kier molecular flexibility index (Phi) is 14.4. The number of carbonyl (C=O) groups is 5. The van der Waals surface area contributed by atoms with Crippen molar-refractivity contribution in [3.63, 3.8) is 0 Å². The van der Waals surface area contributed by atoms with E-state index in [1.54, 1.807) is 34.6 Å². The van der Waals surface area contributed by atoms with Crippen molar-refractivity contribution in [3.8, 4) is 0 Å². The van der Waals surface area contributed by atoms with E-state index in [1.165, 1.54) is 0 Å². The maximum atomic E-state index is 13.7. The maximum absolute atomic E-state index is 13.7. The van der Waals surface area contributed by atoms with Crippen molar-refractivity contribution >= 4 is 29.7 Å². The summed E-state index contributed by atoms with van der Waals surface area (Å²) in [5.41, 5.74) is 0.801. The highest BCUT2D eigenvalue weighted by Crippen LogP contribution is 2.23. The molecule has 2 aromatic carbocycles. The van der Waals surface area contributed by atoms with Gasteiger partial charge in [-0.25, -0.2) is 9.59 Å². The van der Waals surface area contributed by atoms with Crippen LogP contribution in [0.25, 0.3) is 0 Å². The summed E-state index contributed by atoms with van der Waals surface area (Å²) in [6.07, 6.45) is 3.00. The molecule has 1 aliphatic rings. The van der Waals surface area contributed by atoms with Gasteiger partial charge in [-0.1, -0.05) is 80.9 Å². The summed E-state index contributed by atoms with van der Waals surface area (Å²) >= 11 is 0. The fourth-order valence-electron chi connectivity index (χ4n) is 5.42. The topological polar surface area (TPSA) is 137 Å². The number of hydrogen-bond donors (Lipinski definition) is 2. The van der Waals surface area contributed by atoms with Crippen molar-refractivity contribution < 1.29 is 38.2 Å². The van der Waals surface area contributed by atoms with E-state index in [9.17, 15) is 24.0 Å². The molecule has 0 spiro atoms. The highest BCUT2D eigenvalue weighted by Gasteiger charge is 2.34. The molecule has 2 amide bonds. The Balaban J connectivity index is 1.74. The smallest absolute Gasteiger partial charge is 0.408 e. The van der Waals surface area contributed by atoms with Gasteiger partial charge in [0.2, 0.25) is 5.91 Å². The summed E-state index contributed by atoms with van der Waals surface area (Å²) in [5.74, 6) is -3.40. The van der Waals surface area contributed by atoms with Gasteiger partial charge < -0.3 is 24.8 Å². The quantitative estimate of drug-likeness (QED) is 0.181. The van der Waals surface area contributed by atoms with Crippen molar-refractivity contribution in [1.29, 1.82) is 0 Å². The molecule has 10 heteroatoms. The van der Waals surface area contributed by atoms with Crippen molar-refractivity contribution in [1.82, 2.24) is 10.6 Å². The minimum absolute atomic E-state index is 0.0436. The number of carbonyl (C=O) groups excluding carboxylic acids is 5.